The summed E-state index contributed by atoms with van der Waals surface area (Å²) in [5, 5.41) is 17.5. The molecule has 3 aromatic rings. The van der Waals surface area contributed by atoms with Gasteiger partial charge >= 0.3 is 0 Å². The minimum atomic E-state index is -0.372. The van der Waals surface area contributed by atoms with E-state index < -0.39 is 0 Å². The van der Waals surface area contributed by atoms with Gasteiger partial charge in [-0.1, -0.05) is 5.16 Å². The molecule has 0 aliphatic rings. The first kappa shape index (κ1) is 15.7. The smallest absolute Gasteiger partial charge is 0.249 e. The number of aromatic nitrogens is 7. The van der Waals surface area contributed by atoms with Gasteiger partial charge in [-0.05, 0) is 35.9 Å². The topological polar surface area (TPSA) is 125 Å². The molecule has 1 amide bonds. The molecule has 1 atom stereocenters. The van der Waals surface area contributed by atoms with E-state index in [9.17, 15) is 4.79 Å². The molecule has 0 aromatic carbocycles. The van der Waals surface area contributed by atoms with Gasteiger partial charge < -0.3 is 9.84 Å². The Morgan fingerprint density at radius 2 is 2.38 bits per heavy atom. The van der Waals surface area contributed by atoms with Crippen LogP contribution < -0.4 is 5.32 Å². The summed E-state index contributed by atoms with van der Waals surface area (Å²) in [6.45, 7) is 2.38. The first-order valence-corrected chi connectivity index (χ1v) is 7.46. The van der Waals surface area contributed by atoms with E-state index in [1.165, 1.54) is 6.33 Å². The molecule has 3 heterocycles. The maximum absolute atomic E-state index is 12.0. The molecule has 0 spiro atoms. The fraction of sp³-hybridized carbons (Fsp3) is 0.357. The summed E-state index contributed by atoms with van der Waals surface area (Å²) >= 11 is 0. The summed E-state index contributed by atoms with van der Waals surface area (Å²) in [6, 6.07) is 3.26. The lowest BCUT2D eigenvalue weighted by Crippen LogP contribution is -2.26. The Hall–Kier alpha value is -3.17. The molecule has 10 nitrogen and oxygen atoms in total. The fourth-order valence-electron chi connectivity index (χ4n) is 2.08. The second-order valence-corrected chi connectivity index (χ2v) is 5.16. The molecule has 24 heavy (non-hydrogen) atoms. The van der Waals surface area contributed by atoms with Crippen molar-refractivity contribution in [2.24, 2.45) is 0 Å². The standard InChI is InChI=1S/C14H16N8O2/c1-10(17-12(23)5-3-7-22-9-16-20-21-22)14-18-13(19-24-14)11-4-2-6-15-8-11/h2,4,6,8-10H,3,5,7H2,1H3,(H,17,23)/t10-/m0/s1. The van der Waals surface area contributed by atoms with Crippen molar-refractivity contribution in [2.75, 3.05) is 0 Å². The highest BCUT2D eigenvalue weighted by atomic mass is 16.5. The van der Waals surface area contributed by atoms with Crippen LogP contribution in [-0.2, 0) is 11.3 Å². The second kappa shape index (κ2) is 7.40. The number of aryl methyl sites for hydroxylation is 1. The van der Waals surface area contributed by atoms with E-state index in [-0.39, 0.29) is 11.9 Å². The molecular formula is C14H16N8O2. The van der Waals surface area contributed by atoms with E-state index in [2.05, 4.69) is 36.0 Å². The number of tetrazole rings is 1. The highest BCUT2D eigenvalue weighted by Gasteiger charge is 2.17. The van der Waals surface area contributed by atoms with Crippen molar-refractivity contribution in [3.05, 3.63) is 36.7 Å². The first-order chi connectivity index (χ1) is 11.7. The molecule has 1 N–H and O–H groups in total. The number of nitrogens with one attached hydrogen (secondary N) is 1. The van der Waals surface area contributed by atoms with E-state index in [1.807, 2.05) is 6.07 Å². The molecule has 10 heteroatoms. The van der Waals surface area contributed by atoms with Crippen molar-refractivity contribution < 1.29 is 9.32 Å². The van der Waals surface area contributed by atoms with Crippen LogP contribution in [0.3, 0.4) is 0 Å². The summed E-state index contributed by atoms with van der Waals surface area (Å²) in [4.78, 5) is 20.3. The Morgan fingerprint density at radius 1 is 1.46 bits per heavy atom. The maximum atomic E-state index is 12.0. The Bertz CT molecular complexity index is 771. The minimum absolute atomic E-state index is 0.100. The van der Waals surface area contributed by atoms with Crippen LogP contribution in [0.15, 0.2) is 35.4 Å². The number of pyridine rings is 1. The van der Waals surface area contributed by atoms with Gasteiger partial charge in [0, 0.05) is 30.9 Å². The summed E-state index contributed by atoms with van der Waals surface area (Å²) in [5.74, 6) is 0.692. The van der Waals surface area contributed by atoms with Crippen LogP contribution >= 0.6 is 0 Å². The summed E-state index contributed by atoms with van der Waals surface area (Å²) in [6.07, 6.45) is 5.82. The van der Waals surface area contributed by atoms with Gasteiger partial charge in [0.25, 0.3) is 0 Å². The van der Waals surface area contributed by atoms with Gasteiger partial charge in [-0.15, -0.1) is 5.10 Å². The number of carbonyl (C=O) groups excluding carboxylic acids is 1. The highest BCUT2D eigenvalue weighted by Crippen LogP contribution is 2.17. The zero-order chi connectivity index (χ0) is 16.8. The van der Waals surface area contributed by atoms with Gasteiger partial charge in [0.1, 0.15) is 12.4 Å². The van der Waals surface area contributed by atoms with Crippen molar-refractivity contribution in [2.45, 2.75) is 32.4 Å². The molecule has 3 rings (SSSR count). The molecule has 0 aliphatic carbocycles. The Labute approximate surface area is 137 Å². The molecule has 0 aliphatic heterocycles. The lowest BCUT2D eigenvalue weighted by Gasteiger charge is -2.09. The molecular weight excluding hydrogens is 312 g/mol. The van der Waals surface area contributed by atoms with Crippen LogP contribution in [0.5, 0.6) is 0 Å². The van der Waals surface area contributed by atoms with Crippen LogP contribution in [0.25, 0.3) is 11.4 Å². The zero-order valence-corrected chi connectivity index (χ0v) is 13.0. The fourth-order valence-corrected chi connectivity index (χ4v) is 2.08. The predicted octanol–water partition coefficient (Wildman–Crippen LogP) is 0.776. The van der Waals surface area contributed by atoms with Crippen molar-refractivity contribution in [1.82, 2.24) is 40.6 Å². The average molecular weight is 328 g/mol. The molecule has 0 unspecified atom stereocenters. The monoisotopic (exact) mass is 328 g/mol. The van der Waals surface area contributed by atoms with E-state index >= 15 is 0 Å². The van der Waals surface area contributed by atoms with Crippen molar-refractivity contribution in [1.29, 1.82) is 0 Å². The largest absolute Gasteiger partial charge is 0.345 e. The van der Waals surface area contributed by atoms with Crippen LogP contribution in [0, 0.1) is 0 Å². The number of amides is 1. The molecule has 0 fully saturated rings. The highest BCUT2D eigenvalue weighted by molar-refractivity contribution is 5.76. The lowest BCUT2D eigenvalue weighted by molar-refractivity contribution is -0.122. The Balaban J connectivity index is 1.50. The van der Waals surface area contributed by atoms with Gasteiger partial charge in [0.2, 0.25) is 17.6 Å². The quantitative estimate of drug-likeness (QED) is 0.674. The molecule has 0 radical (unpaired) electrons. The summed E-state index contributed by atoms with van der Waals surface area (Å²) < 4.78 is 6.79. The van der Waals surface area contributed by atoms with Crippen LogP contribution in [0.2, 0.25) is 0 Å². The minimum Gasteiger partial charge on any atom is -0.345 e. The normalized spacial score (nSPS) is 12.0. The van der Waals surface area contributed by atoms with Crippen molar-refractivity contribution in [3.63, 3.8) is 0 Å². The van der Waals surface area contributed by atoms with E-state index in [0.717, 1.165) is 5.56 Å². The van der Waals surface area contributed by atoms with Crippen molar-refractivity contribution >= 4 is 5.91 Å². The van der Waals surface area contributed by atoms with E-state index in [1.54, 1.807) is 30.1 Å². The van der Waals surface area contributed by atoms with E-state index in [0.29, 0.717) is 31.1 Å². The van der Waals surface area contributed by atoms with Gasteiger partial charge in [0.15, 0.2) is 0 Å². The molecule has 124 valence electrons. The van der Waals surface area contributed by atoms with Crippen molar-refractivity contribution in [3.8, 4) is 11.4 Å². The lowest BCUT2D eigenvalue weighted by atomic mass is 10.2. The number of nitrogens with zero attached hydrogens (tertiary/aromatic N) is 7. The van der Waals surface area contributed by atoms with Crippen LogP contribution in [0.4, 0.5) is 0 Å². The summed E-state index contributed by atoms with van der Waals surface area (Å²) in [7, 11) is 0. The molecule has 3 aromatic heterocycles. The SMILES string of the molecule is C[C@H](NC(=O)CCCn1cnnn1)c1nc(-c2cccnc2)no1. The van der Waals surface area contributed by atoms with E-state index in [4.69, 9.17) is 4.52 Å². The zero-order valence-electron chi connectivity index (χ0n) is 13.0. The van der Waals surface area contributed by atoms with Gasteiger partial charge in [-0.2, -0.15) is 4.98 Å². The maximum Gasteiger partial charge on any atom is 0.249 e. The summed E-state index contributed by atoms with van der Waals surface area (Å²) in [5.41, 5.74) is 0.757. The third-order valence-corrected chi connectivity index (χ3v) is 3.29. The third-order valence-electron chi connectivity index (χ3n) is 3.29. The van der Waals surface area contributed by atoms with Gasteiger partial charge in [-0.3, -0.25) is 9.78 Å². The number of hydrogen-bond donors (Lipinski definition) is 1. The molecule has 0 bridgehead atoms. The van der Waals surface area contributed by atoms with Gasteiger partial charge in [-0.25, -0.2) is 4.68 Å². The number of hydrogen-bond acceptors (Lipinski definition) is 8. The van der Waals surface area contributed by atoms with Crippen LogP contribution in [-0.4, -0.2) is 41.2 Å². The molecule has 0 saturated heterocycles. The number of rotatable bonds is 7. The third kappa shape index (κ3) is 3.97. The predicted molar refractivity (Wildman–Crippen MR) is 81.1 cm³/mol. The molecule has 0 saturated carbocycles. The first-order valence-electron chi connectivity index (χ1n) is 7.46. The second-order valence-electron chi connectivity index (χ2n) is 5.16. The average Bonchev–Trinajstić information content (AvgIpc) is 3.27. The Morgan fingerprint density at radius 3 is 3.12 bits per heavy atom. The van der Waals surface area contributed by atoms with Crippen LogP contribution in [0.1, 0.15) is 31.7 Å². The number of carbonyl (C=O) groups is 1. The Kier molecular flexibility index (Phi) is 4.84. The van der Waals surface area contributed by atoms with Gasteiger partial charge in [0.05, 0.1) is 0 Å².